The van der Waals surface area contributed by atoms with Crippen molar-refractivity contribution in [1.82, 2.24) is 9.78 Å². The number of rotatable bonds is 7. The summed E-state index contributed by atoms with van der Waals surface area (Å²) in [6.45, 7) is 7.18. The molecule has 0 spiro atoms. The van der Waals surface area contributed by atoms with E-state index in [-0.39, 0.29) is 0 Å². The number of hydrogen-bond acceptors (Lipinski definition) is 3. The molecule has 156 valence electrons. The van der Waals surface area contributed by atoms with Crippen molar-refractivity contribution < 1.29 is 19.7 Å². The maximum absolute atomic E-state index is 5.80. The summed E-state index contributed by atoms with van der Waals surface area (Å²) in [7, 11) is 0. The molecule has 3 N–H and O–H groups in total. The molecule has 0 unspecified atom stereocenters. The molecule has 2 aliphatic heterocycles. The van der Waals surface area contributed by atoms with E-state index in [0.717, 1.165) is 41.5 Å². The molecule has 2 aliphatic rings. The Morgan fingerprint density at radius 2 is 1.77 bits per heavy atom. The van der Waals surface area contributed by atoms with Crippen LogP contribution in [0, 0.1) is 0 Å². The van der Waals surface area contributed by atoms with E-state index in [2.05, 4.69) is 35.8 Å². The summed E-state index contributed by atoms with van der Waals surface area (Å²) in [5, 5.41) is 7.37. The Hall–Kier alpha value is -2.83. The van der Waals surface area contributed by atoms with Gasteiger partial charge in [-0.3, -0.25) is 0 Å². The van der Waals surface area contributed by atoms with Crippen LogP contribution >= 0.6 is 0 Å². The fourth-order valence-corrected chi connectivity index (χ4v) is 4.39. The number of hydrogen-bond donors (Lipinski definition) is 2. The third-order valence-electron chi connectivity index (χ3n) is 6.00. The zero-order valence-electron chi connectivity index (χ0n) is 17.3. The van der Waals surface area contributed by atoms with Gasteiger partial charge in [-0.25, -0.2) is 4.68 Å². The predicted octanol–water partition coefficient (Wildman–Crippen LogP) is 1.05. The van der Waals surface area contributed by atoms with Gasteiger partial charge in [0.05, 0.1) is 24.3 Å². The van der Waals surface area contributed by atoms with Gasteiger partial charge < -0.3 is 19.7 Å². The number of para-hydroxylation sites is 1. The number of benzene rings is 2. The van der Waals surface area contributed by atoms with Crippen LogP contribution in [0.15, 0.2) is 54.7 Å². The van der Waals surface area contributed by atoms with Gasteiger partial charge in [-0.1, -0.05) is 18.2 Å². The average Bonchev–Trinajstić information content (AvgIpc) is 3.47. The predicted molar refractivity (Wildman–Crippen MR) is 115 cm³/mol. The fraction of sp³-hybridized carbons (Fsp3) is 0.375. The summed E-state index contributed by atoms with van der Waals surface area (Å²) < 4.78 is 13.5. The Bertz CT molecular complexity index is 980. The van der Waals surface area contributed by atoms with Crippen LogP contribution in [0.5, 0.6) is 11.5 Å². The largest absolute Gasteiger partial charge is 0.486 e. The average molecular weight is 407 g/mol. The molecule has 5 rings (SSSR count). The Kier molecular flexibility index (Phi) is 5.68. The Morgan fingerprint density at radius 1 is 0.967 bits per heavy atom. The van der Waals surface area contributed by atoms with E-state index < -0.39 is 0 Å². The number of fused-ring (bicyclic) bond motifs is 1. The van der Waals surface area contributed by atoms with Crippen LogP contribution in [-0.4, -0.2) is 49.2 Å². The van der Waals surface area contributed by atoms with Gasteiger partial charge in [0.25, 0.3) is 0 Å². The van der Waals surface area contributed by atoms with Crippen LogP contribution in [0.1, 0.15) is 18.4 Å². The number of nitrogens with one attached hydrogen (secondary N) is 1. The highest BCUT2D eigenvalue weighted by atomic mass is 16.6. The Morgan fingerprint density at radius 3 is 2.60 bits per heavy atom. The summed E-state index contributed by atoms with van der Waals surface area (Å²) >= 11 is 0. The molecule has 3 heterocycles. The van der Waals surface area contributed by atoms with Crippen LogP contribution in [0.3, 0.4) is 0 Å². The van der Waals surface area contributed by atoms with E-state index in [1.165, 1.54) is 38.0 Å². The third-order valence-corrected chi connectivity index (χ3v) is 6.00. The van der Waals surface area contributed by atoms with Crippen LogP contribution in [0.4, 0.5) is 0 Å². The van der Waals surface area contributed by atoms with Crippen molar-refractivity contribution in [3.05, 3.63) is 60.3 Å². The van der Waals surface area contributed by atoms with Crippen molar-refractivity contribution in [3.63, 3.8) is 0 Å². The molecule has 1 aromatic heterocycles. The molecule has 0 radical (unpaired) electrons. The maximum Gasteiger partial charge on any atom is 0.162 e. The van der Waals surface area contributed by atoms with Gasteiger partial charge in [0, 0.05) is 24.6 Å². The van der Waals surface area contributed by atoms with Gasteiger partial charge in [-0.05, 0) is 30.3 Å². The minimum Gasteiger partial charge on any atom is -0.486 e. The number of nitrogens with two attached hydrogens (primary N) is 1. The summed E-state index contributed by atoms with van der Waals surface area (Å²) in [6.07, 6.45) is 4.93. The SMILES string of the molecule is c1ccc(-n2cc(C[NH2+]CC[NH+]3CCCC3)c(-c3ccc4c(c3)OCCO4)n2)cc1. The first-order valence-electron chi connectivity index (χ1n) is 11.1. The zero-order chi connectivity index (χ0) is 20.2. The highest BCUT2D eigenvalue weighted by molar-refractivity contribution is 5.67. The molecule has 1 saturated heterocycles. The highest BCUT2D eigenvalue weighted by Gasteiger charge is 2.19. The van der Waals surface area contributed by atoms with Gasteiger partial charge in [0.1, 0.15) is 38.5 Å². The van der Waals surface area contributed by atoms with Crippen LogP contribution in [0.25, 0.3) is 16.9 Å². The molecule has 3 aromatic rings. The highest BCUT2D eigenvalue weighted by Crippen LogP contribution is 2.35. The zero-order valence-corrected chi connectivity index (χ0v) is 17.3. The van der Waals surface area contributed by atoms with Crippen molar-refractivity contribution in [2.45, 2.75) is 19.4 Å². The molecule has 6 nitrogen and oxygen atoms in total. The van der Waals surface area contributed by atoms with Gasteiger partial charge in [-0.2, -0.15) is 5.10 Å². The smallest absolute Gasteiger partial charge is 0.162 e. The molecule has 30 heavy (non-hydrogen) atoms. The van der Waals surface area contributed by atoms with Crippen molar-refractivity contribution in [3.8, 4) is 28.4 Å². The molecule has 0 atom stereocenters. The van der Waals surface area contributed by atoms with E-state index in [1.807, 2.05) is 28.9 Å². The minimum absolute atomic E-state index is 0.592. The lowest BCUT2D eigenvalue weighted by atomic mass is 10.1. The lowest BCUT2D eigenvalue weighted by Crippen LogP contribution is -3.12. The number of aromatic nitrogens is 2. The minimum atomic E-state index is 0.592. The molecule has 0 saturated carbocycles. The van der Waals surface area contributed by atoms with Crippen LogP contribution in [0.2, 0.25) is 0 Å². The second-order valence-corrected chi connectivity index (χ2v) is 8.13. The van der Waals surface area contributed by atoms with Crippen molar-refractivity contribution >= 4 is 0 Å². The first kappa shape index (κ1) is 19.2. The molecule has 0 bridgehead atoms. The van der Waals surface area contributed by atoms with E-state index >= 15 is 0 Å². The fourth-order valence-electron chi connectivity index (χ4n) is 4.39. The lowest BCUT2D eigenvalue weighted by Gasteiger charge is -2.18. The molecular formula is C24H30N4O2+2. The van der Waals surface area contributed by atoms with Crippen molar-refractivity contribution in [2.75, 3.05) is 39.4 Å². The maximum atomic E-state index is 5.80. The number of ether oxygens (including phenoxy) is 2. The monoisotopic (exact) mass is 406 g/mol. The standard InChI is InChI=1S/C24H28N4O2/c1-2-6-21(7-3-1)28-18-20(17-25-10-13-27-11-4-5-12-27)24(26-28)19-8-9-22-23(16-19)30-15-14-29-22/h1-3,6-9,16,18,25H,4-5,10-15,17H2/p+2. The first-order chi connectivity index (χ1) is 14.9. The van der Waals surface area contributed by atoms with E-state index in [0.29, 0.717) is 13.2 Å². The Balaban J connectivity index is 1.39. The first-order valence-corrected chi connectivity index (χ1v) is 11.1. The number of quaternary nitrogens is 2. The molecule has 6 heteroatoms. The summed E-state index contributed by atoms with van der Waals surface area (Å²) in [5.41, 5.74) is 4.40. The van der Waals surface area contributed by atoms with Crippen LogP contribution in [-0.2, 0) is 6.54 Å². The van der Waals surface area contributed by atoms with Gasteiger partial charge >= 0.3 is 0 Å². The molecular weight excluding hydrogens is 376 g/mol. The van der Waals surface area contributed by atoms with Gasteiger partial charge in [0.2, 0.25) is 0 Å². The Labute approximate surface area is 177 Å². The lowest BCUT2D eigenvalue weighted by molar-refractivity contribution is -0.901. The quantitative estimate of drug-likeness (QED) is 0.577. The second kappa shape index (κ2) is 8.90. The second-order valence-electron chi connectivity index (χ2n) is 8.13. The van der Waals surface area contributed by atoms with Crippen LogP contribution < -0.4 is 19.7 Å². The van der Waals surface area contributed by atoms with Gasteiger partial charge in [0.15, 0.2) is 11.5 Å². The van der Waals surface area contributed by atoms with E-state index in [1.54, 1.807) is 4.90 Å². The molecule has 0 amide bonds. The summed E-state index contributed by atoms with van der Waals surface area (Å²) in [5.74, 6) is 1.62. The van der Waals surface area contributed by atoms with Crippen molar-refractivity contribution in [1.29, 1.82) is 0 Å². The number of likely N-dealkylation sites (tertiary alicyclic amines) is 1. The summed E-state index contributed by atoms with van der Waals surface area (Å²) in [6, 6.07) is 16.4. The molecule has 1 fully saturated rings. The normalized spacial score (nSPS) is 16.1. The summed E-state index contributed by atoms with van der Waals surface area (Å²) in [4.78, 5) is 1.75. The number of nitrogens with zero attached hydrogens (tertiary/aromatic N) is 2. The van der Waals surface area contributed by atoms with E-state index in [4.69, 9.17) is 14.6 Å². The van der Waals surface area contributed by atoms with E-state index in [9.17, 15) is 0 Å². The third kappa shape index (κ3) is 4.20. The van der Waals surface area contributed by atoms with Gasteiger partial charge in [-0.15, -0.1) is 0 Å². The van der Waals surface area contributed by atoms with Crippen molar-refractivity contribution in [2.24, 2.45) is 0 Å². The topological polar surface area (TPSA) is 57.3 Å². The molecule has 0 aliphatic carbocycles. The molecule has 2 aromatic carbocycles.